The van der Waals surface area contributed by atoms with Crippen LogP contribution in [0.15, 0.2) is 24.4 Å². The van der Waals surface area contributed by atoms with Crippen molar-refractivity contribution < 1.29 is 22.4 Å². The molecule has 1 aliphatic rings. The van der Waals surface area contributed by atoms with Crippen molar-refractivity contribution in [3.05, 3.63) is 52.6 Å². The zero-order valence-corrected chi connectivity index (χ0v) is 20.6. The third kappa shape index (κ3) is 5.98. The molecular weight excluding hydrogens is 492 g/mol. The van der Waals surface area contributed by atoms with Crippen molar-refractivity contribution >= 4 is 29.2 Å². The molecule has 5 N–H and O–H groups in total. The van der Waals surface area contributed by atoms with Crippen molar-refractivity contribution in [2.45, 2.75) is 51.7 Å². The minimum atomic E-state index is -4.71. The monoisotopic (exact) mass is 520 g/mol. The number of nitrogens with zero attached hydrogens (tertiary/aromatic N) is 4. The van der Waals surface area contributed by atoms with Gasteiger partial charge in [0, 0.05) is 18.0 Å². The quantitative estimate of drug-likeness (QED) is 0.338. The first kappa shape index (κ1) is 26.3. The predicted octanol–water partition coefficient (Wildman–Crippen LogP) is 4.51. The van der Waals surface area contributed by atoms with E-state index in [4.69, 9.17) is 5.73 Å². The minimum absolute atomic E-state index is 0.0439. The maximum Gasteiger partial charge on any atom is 0.421 e. The summed E-state index contributed by atoms with van der Waals surface area (Å²) < 4.78 is 55.6. The molecule has 9 nitrogen and oxygen atoms in total. The number of rotatable bonds is 7. The predicted molar refractivity (Wildman–Crippen MR) is 130 cm³/mol. The fourth-order valence-electron chi connectivity index (χ4n) is 4.48. The van der Waals surface area contributed by atoms with Gasteiger partial charge in [-0.2, -0.15) is 23.3 Å². The van der Waals surface area contributed by atoms with Crippen molar-refractivity contribution in [2.75, 3.05) is 23.7 Å². The first-order valence-electron chi connectivity index (χ1n) is 11.8. The lowest BCUT2D eigenvalue weighted by Crippen LogP contribution is -2.46. The largest absolute Gasteiger partial charge is 0.421 e. The highest BCUT2D eigenvalue weighted by atomic mass is 19.4. The highest BCUT2D eigenvalue weighted by molar-refractivity contribution is 5.79. The fraction of sp³-hybridized carbons (Fsp3) is 0.417. The molecule has 198 valence electrons. The van der Waals surface area contributed by atoms with E-state index in [1.165, 1.54) is 12.1 Å². The average Bonchev–Trinajstić information content (AvgIpc) is 3.24. The standard InChI is InChI=1S/C24H28F4N8O/c1-12-8-19(18(25)10-16(12)15-4-6-36(7-5-15)14(3)21(29)37)31-23-30-11-17(24(26,27)28)22(33-23)32-20-9-13(2)34-35-20/h8-11,14-15H,4-7H2,1-3H3,(H2,29,37)(H3,30,31,32,33,34,35). The summed E-state index contributed by atoms with van der Waals surface area (Å²) in [5.74, 6) is -1.41. The van der Waals surface area contributed by atoms with Crippen LogP contribution < -0.4 is 16.4 Å². The lowest BCUT2D eigenvalue weighted by Gasteiger charge is -2.35. The van der Waals surface area contributed by atoms with Gasteiger partial charge in [0.25, 0.3) is 0 Å². The number of H-pyrrole nitrogens is 1. The Labute approximate surface area is 210 Å². The van der Waals surface area contributed by atoms with E-state index in [1.807, 2.05) is 11.8 Å². The van der Waals surface area contributed by atoms with Gasteiger partial charge in [0.05, 0.1) is 11.7 Å². The number of amides is 1. The van der Waals surface area contributed by atoms with Crippen LogP contribution in [0.25, 0.3) is 0 Å². The van der Waals surface area contributed by atoms with Crippen LogP contribution in [0.1, 0.15) is 48.1 Å². The normalized spacial score (nSPS) is 16.0. The molecule has 0 aliphatic carbocycles. The number of hydrogen-bond donors (Lipinski definition) is 4. The van der Waals surface area contributed by atoms with Crippen LogP contribution in [-0.4, -0.2) is 50.1 Å². The van der Waals surface area contributed by atoms with Gasteiger partial charge < -0.3 is 16.4 Å². The molecule has 1 unspecified atom stereocenters. The SMILES string of the molecule is Cc1cc(Nc2nc(Nc3cc(C)c(C4CCN(C(C)C(N)=O)CC4)cc3F)ncc2C(F)(F)F)n[nH]1. The summed E-state index contributed by atoms with van der Waals surface area (Å²) in [4.78, 5) is 21.2. The topological polar surface area (TPSA) is 125 Å². The first-order valence-corrected chi connectivity index (χ1v) is 11.8. The molecule has 3 heterocycles. The number of hydrogen-bond acceptors (Lipinski definition) is 7. The van der Waals surface area contributed by atoms with Crippen LogP contribution in [0.2, 0.25) is 0 Å². The molecule has 1 atom stereocenters. The van der Waals surface area contributed by atoms with E-state index in [0.717, 1.165) is 24.0 Å². The number of carbonyl (C=O) groups excluding carboxylic acids is 1. The number of nitrogens with two attached hydrogens (primary N) is 1. The van der Waals surface area contributed by atoms with E-state index in [0.29, 0.717) is 25.0 Å². The zero-order valence-electron chi connectivity index (χ0n) is 20.6. The van der Waals surface area contributed by atoms with Crippen LogP contribution in [0.4, 0.5) is 40.8 Å². The van der Waals surface area contributed by atoms with Crippen LogP contribution in [0, 0.1) is 19.7 Å². The molecule has 0 radical (unpaired) electrons. The van der Waals surface area contributed by atoms with E-state index in [9.17, 15) is 18.0 Å². The van der Waals surface area contributed by atoms with Crippen molar-refractivity contribution in [1.82, 2.24) is 25.1 Å². The third-order valence-corrected chi connectivity index (χ3v) is 6.58. The number of alkyl halides is 3. The molecule has 3 aromatic rings. The number of aromatic amines is 1. The van der Waals surface area contributed by atoms with Crippen LogP contribution >= 0.6 is 0 Å². The molecule has 2 aromatic heterocycles. The number of primary amides is 1. The Morgan fingerprint density at radius 2 is 1.89 bits per heavy atom. The second kappa shape index (κ2) is 10.3. The number of nitrogens with one attached hydrogen (secondary N) is 3. The highest BCUT2D eigenvalue weighted by Gasteiger charge is 2.35. The summed E-state index contributed by atoms with van der Waals surface area (Å²) in [6.45, 7) is 6.66. The van der Waals surface area contributed by atoms with E-state index in [-0.39, 0.29) is 35.3 Å². The van der Waals surface area contributed by atoms with E-state index < -0.39 is 23.4 Å². The Hall–Kier alpha value is -3.74. The van der Waals surface area contributed by atoms with Gasteiger partial charge in [-0.15, -0.1) is 0 Å². The van der Waals surface area contributed by atoms with Crippen molar-refractivity contribution in [3.8, 4) is 0 Å². The second-order valence-corrected chi connectivity index (χ2v) is 9.22. The van der Waals surface area contributed by atoms with Gasteiger partial charge in [-0.25, -0.2) is 9.37 Å². The Bertz CT molecular complexity index is 1280. The van der Waals surface area contributed by atoms with Crippen molar-refractivity contribution in [2.24, 2.45) is 5.73 Å². The molecule has 4 rings (SSSR count). The number of likely N-dealkylation sites (tertiary alicyclic amines) is 1. The van der Waals surface area contributed by atoms with Gasteiger partial charge in [0.1, 0.15) is 17.2 Å². The number of anilines is 4. The van der Waals surface area contributed by atoms with Gasteiger partial charge in [-0.3, -0.25) is 14.8 Å². The summed E-state index contributed by atoms with van der Waals surface area (Å²) in [6.07, 6.45) is -2.58. The van der Waals surface area contributed by atoms with Crippen molar-refractivity contribution in [1.29, 1.82) is 0 Å². The van der Waals surface area contributed by atoms with Crippen molar-refractivity contribution in [3.63, 3.8) is 0 Å². The second-order valence-electron chi connectivity index (χ2n) is 9.22. The van der Waals surface area contributed by atoms with Crippen LogP contribution in [0.3, 0.4) is 0 Å². The lowest BCUT2D eigenvalue weighted by molar-refractivity contribution is -0.137. The smallest absolute Gasteiger partial charge is 0.368 e. The van der Waals surface area contributed by atoms with Gasteiger partial charge in [-0.1, -0.05) is 0 Å². The number of aryl methyl sites for hydroxylation is 2. The zero-order chi connectivity index (χ0) is 26.9. The van der Waals surface area contributed by atoms with Crippen LogP contribution in [0.5, 0.6) is 0 Å². The number of aromatic nitrogens is 4. The Balaban J connectivity index is 1.54. The highest BCUT2D eigenvalue weighted by Crippen LogP contribution is 2.36. The number of carbonyl (C=O) groups is 1. The lowest BCUT2D eigenvalue weighted by atomic mass is 9.86. The fourth-order valence-corrected chi connectivity index (χ4v) is 4.48. The van der Waals surface area contributed by atoms with Gasteiger partial charge in [-0.05, 0) is 75.9 Å². The summed E-state index contributed by atoms with van der Waals surface area (Å²) in [6, 6.07) is 4.20. The van der Waals surface area contributed by atoms with Gasteiger partial charge in [0.2, 0.25) is 11.9 Å². The Kier molecular flexibility index (Phi) is 7.35. The molecule has 1 aliphatic heterocycles. The minimum Gasteiger partial charge on any atom is -0.368 e. The summed E-state index contributed by atoms with van der Waals surface area (Å²) in [7, 11) is 0. The summed E-state index contributed by atoms with van der Waals surface area (Å²) in [5, 5.41) is 11.8. The molecule has 1 amide bonds. The summed E-state index contributed by atoms with van der Waals surface area (Å²) in [5.41, 5.74) is 6.68. The average molecular weight is 521 g/mol. The maximum atomic E-state index is 15.1. The molecule has 1 saturated heterocycles. The van der Waals surface area contributed by atoms with E-state index >= 15 is 4.39 Å². The number of benzene rings is 1. The van der Waals surface area contributed by atoms with E-state index in [1.54, 1.807) is 19.9 Å². The van der Waals surface area contributed by atoms with Gasteiger partial charge in [0.15, 0.2) is 5.82 Å². The third-order valence-electron chi connectivity index (χ3n) is 6.58. The molecule has 0 bridgehead atoms. The number of piperidine rings is 1. The van der Waals surface area contributed by atoms with Gasteiger partial charge >= 0.3 is 6.18 Å². The Morgan fingerprint density at radius 1 is 1.19 bits per heavy atom. The molecule has 1 aromatic carbocycles. The number of halogens is 4. The summed E-state index contributed by atoms with van der Waals surface area (Å²) >= 11 is 0. The molecule has 0 saturated carbocycles. The molecule has 37 heavy (non-hydrogen) atoms. The van der Waals surface area contributed by atoms with E-state index in [2.05, 4.69) is 30.8 Å². The molecule has 1 fully saturated rings. The molecule has 13 heteroatoms. The van der Waals surface area contributed by atoms with Crippen LogP contribution in [-0.2, 0) is 11.0 Å². The maximum absolute atomic E-state index is 15.1. The molecular formula is C24H28F4N8O. The Morgan fingerprint density at radius 3 is 2.49 bits per heavy atom. The first-order chi connectivity index (χ1) is 17.4. The molecule has 0 spiro atoms.